The quantitative estimate of drug-likeness (QED) is 0.828. The van der Waals surface area contributed by atoms with Crippen molar-refractivity contribution in [2.24, 2.45) is 10.5 Å². The number of benzene rings is 1. The summed E-state index contributed by atoms with van der Waals surface area (Å²) in [5.41, 5.74) is 5.75. The van der Waals surface area contributed by atoms with Crippen LogP contribution in [0, 0.1) is 5.41 Å². The van der Waals surface area contributed by atoms with Gasteiger partial charge < -0.3 is 14.9 Å². The first kappa shape index (κ1) is 11.4. The van der Waals surface area contributed by atoms with E-state index in [1.54, 1.807) is 0 Å². The van der Waals surface area contributed by atoms with Crippen molar-refractivity contribution in [1.29, 1.82) is 0 Å². The van der Waals surface area contributed by atoms with E-state index in [0.29, 0.717) is 6.79 Å². The molecule has 2 aliphatic heterocycles. The number of fused-ring (bicyclic) bond motifs is 1. The molecule has 4 heteroatoms. The second-order valence-corrected chi connectivity index (χ2v) is 5.81. The second kappa shape index (κ2) is 3.90. The Morgan fingerprint density at radius 3 is 2.72 bits per heavy atom. The number of hydrogen-bond donors (Lipinski definition) is 1. The molecular formula is C14H18N2O2. The molecule has 1 N–H and O–H groups in total. The summed E-state index contributed by atoms with van der Waals surface area (Å²) in [5.74, 6) is 1.66. The zero-order valence-electron chi connectivity index (χ0n) is 11.0. The molecule has 0 bridgehead atoms. The van der Waals surface area contributed by atoms with Crippen LogP contribution in [0.3, 0.4) is 0 Å². The van der Waals surface area contributed by atoms with Gasteiger partial charge in [0.25, 0.3) is 0 Å². The van der Waals surface area contributed by atoms with Crippen molar-refractivity contribution < 1.29 is 9.47 Å². The zero-order chi connectivity index (χ0) is 12.8. The highest BCUT2D eigenvalue weighted by Crippen LogP contribution is 2.36. The van der Waals surface area contributed by atoms with Crippen molar-refractivity contribution in [2.45, 2.75) is 33.2 Å². The first-order valence-electron chi connectivity index (χ1n) is 6.26. The molecule has 1 aromatic carbocycles. The van der Waals surface area contributed by atoms with Crippen molar-refractivity contribution >= 4 is 5.71 Å². The maximum Gasteiger partial charge on any atom is 0.231 e. The molecule has 4 nitrogen and oxygen atoms in total. The summed E-state index contributed by atoms with van der Waals surface area (Å²) in [7, 11) is 0. The van der Waals surface area contributed by atoms with Gasteiger partial charge in [-0.1, -0.05) is 26.8 Å². The monoisotopic (exact) mass is 246 g/mol. The molecule has 0 saturated heterocycles. The molecule has 0 radical (unpaired) electrons. The van der Waals surface area contributed by atoms with E-state index in [1.807, 2.05) is 12.1 Å². The first-order chi connectivity index (χ1) is 8.54. The molecular weight excluding hydrogens is 228 g/mol. The molecule has 0 amide bonds. The van der Waals surface area contributed by atoms with Gasteiger partial charge in [0.15, 0.2) is 11.5 Å². The largest absolute Gasteiger partial charge is 0.454 e. The average Bonchev–Trinajstić information content (AvgIpc) is 2.96. The SMILES string of the molecule is CC(C)(C)C1=NNC(c2ccc3c(c2)OCO3)C1. The van der Waals surface area contributed by atoms with Crippen LogP contribution in [0.2, 0.25) is 0 Å². The van der Waals surface area contributed by atoms with Crippen LogP contribution in [0.5, 0.6) is 11.5 Å². The van der Waals surface area contributed by atoms with E-state index in [9.17, 15) is 0 Å². The Kier molecular flexibility index (Phi) is 2.47. The molecule has 0 aliphatic carbocycles. The van der Waals surface area contributed by atoms with Crippen LogP contribution in [0.15, 0.2) is 23.3 Å². The van der Waals surface area contributed by atoms with Gasteiger partial charge in [0.2, 0.25) is 6.79 Å². The normalized spacial score (nSPS) is 21.7. The zero-order valence-corrected chi connectivity index (χ0v) is 11.0. The highest BCUT2D eigenvalue weighted by molar-refractivity contribution is 5.90. The predicted molar refractivity (Wildman–Crippen MR) is 69.9 cm³/mol. The second-order valence-electron chi connectivity index (χ2n) is 5.81. The minimum atomic E-state index is 0.123. The molecule has 0 fully saturated rings. The van der Waals surface area contributed by atoms with E-state index in [-0.39, 0.29) is 11.5 Å². The third-order valence-electron chi connectivity index (χ3n) is 3.42. The van der Waals surface area contributed by atoms with Crippen LogP contribution in [0.25, 0.3) is 0 Å². The van der Waals surface area contributed by atoms with Gasteiger partial charge >= 0.3 is 0 Å². The summed E-state index contributed by atoms with van der Waals surface area (Å²) < 4.78 is 10.7. The van der Waals surface area contributed by atoms with Crippen LogP contribution < -0.4 is 14.9 Å². The Hall–Kier alpha value is -1.71. The molecule has 1 unspecified atom stereocenters. The molecule has 3 rings (SSSR count). The van der Waals surface area contributed by atoms with Crippen LogP contribution in [-0.2, 0) is 0 Å². The minimum absolute atomic E-state index is 0.123. The van der Waals surface area contributed by atoms with Gasteiger partial charge in [-0.25, -0.2) is 0 Å². The van der Waals surface area contributed by atoms with Crippen molar-refractivity contribution in [3.8, 4) is 11.5 Å². The van der Waals surface area contributed by atoms with Crippen molar-refractivity contribution in [3.05, 3.63) is 23.8 Å². The number of hydrazone groups is 1. The van der Waals surface area contributed by atoms with E-state index in [0.717, 1.165) is 17.9 Å². The fraction of sp³-hybridized carbons (Fsp3) is 0.500. The van der Waals surface area contributed by atoms with Crippen molar-refractivity contribution in [1.82, 2.24) is 5.43 Å². The van der Waals surface area contributed by atoms with Crippen molar-refractivity contribution in [3.63, 3.8) is 0 Å². The smallest absolute Gasteiger partial charge is 0.231 e. The fourth-order valence-corrected chi connectivity index (χ4v) is 2.24. The topological polar surface area (TPSA) is 42.9 Å². The molecule has 0 aromatic heterocycles. The lowest BCUT2D eigenvalue weighted by molar-refractivity contribution is 0.174. The fourth-order valence-electron chi connectivity index (χ4n) is 2.24. The summed E-state index contributed by atoms with van der Waals surface area (Å²) in [4.78, 5) is 0. The first-order valence-corrected chi connectivity index (χ1v) is 6.26. The van der Waals surface area contributed by atoms with Crippen LogP contribution in [-0.4, -0.2) is 12.5 Å². The maximum absolute atomic E-state index is 5.41. The van der Waals surface area contributed by atoms with Gasteiger partial charge in [-0.2, -0.15) is 5.10 Å². The number of nitrogens with one attached hydrogen (secondary N) is 1. The molecule has 2 heterocycles. The highest BCUT2D eigenvalue weighted by Gasteiger charge is 2.29. The summed E-state index contributed by atoms with van der Waals surface area (Å²) >= 11 is 0. The third-order valence-corrected chi connectivity index (χ3v) is 3.42. The Morgan fingerprint density at radius 2 is 2.00 bits per heavy atom. The van der Waals surface area contributed by atoms with Gasteiger partial charge in [0, 0.05) is 17.5 Å². The van der Waals surface area contributed by atoms with Gasteiger partial charge in [-0.05, 0) is 17.7 Å². The highest BCUT2D eigenvalue weighted by atomic mass is 16.7. The maximum atomic E-state index is 5.41. The lowest BCUT2D eigenvalue weighted by atomic mass is 9.86. The molecule has 2 aliphatic rings. The molecule has 18 heavy (non-hydrogen) atoms. The molecule has 0 saturated carbocycles. The van der Waals surface area contributed by atoms with Crippen LogP contribution in [0.1, 0.15) is 38.8 Å². The molecule has 1 atom stereocenters. The van der Waals surface area contributed by atoms with E-state index >= 15 is 0 Å². The van der Waals surface area contributed by atoms with E-state index in [4.69, 9.17) is 9.47 Å². The Bertz CT molecular complexity index is 503. The summed E-state index contributed by atoms with van der Waals surface area (Å²) in [5, 5.41) is 4.45. The molecule has 1 aromatic rings. The van der Waals surface area contributed by atoms with Gasteiger partial charge in [-0.15, -0.1) is 0 Å². The number of hydrogen-bond acceptors (Lipinski definition) is 4. The number of ether oxygens (including phenoxy) is 2. The van der Waals surface area contributed by atoms with Gasteiger partial charge in [-0.3, -0.25) is 0 Å². The lowest BCUT2D eigenvalue weighted by Gasteiger charge is -2.18. The summed E-state index contributed by atoms with van der Waals surface area (Å²) in [6, 6.07) is 6.33. The van der Waals surface area contributed by atoms with E-state index < -0.39 is 0 Å². The lowest BCUT2D eigenvalue weighted by Crippen LogP contribution is -2.18. The summed E-state index contributed by atoms with van der Waals surface area (Å²) in [6.07, 6.45) is 0.948. The molecule has 96 valence electrons. The standard InChI is InChI=1S/C14H18N2O2/c1-14(2,3)13-7-10(15-16-13)9-4-5-11-12(6-9)18-8-17-11/h4-6,10,15H,7-8H2,1-3H3. The van der Waals surface area contributed by atoms with Crippen LogP contribution >= 0.6 is 0 Å². The Balaban J connectivity index is 1.78. The Labute approximate surface area is 107 Å². The number of rotatable bonds is 1. The van der Waals surface area contributed by atoms with Gasteiger partial charge in [0.1, 0.15) is 0 Å². The predicted octanol–water partition coefficient (Wildman–Crippen LogP) is 2.85. The van der Waals surface area contributed by atoms with E-state index in [1.165, 1.54) is 11.3 Å². The summed E-state index contributed by atoms with van der Waals surface area (Å²) in [6.45, 7) is 6.89. The third kappa shape index (κ3) is 1.92. The molecule has 0 spiro atoms. The van der Waals surface area contributed by atoms with Crippen LogP contribution in [0.4, 0.5) is 0 Å². The minimum Gasteiger partial charge on any atom is -0.454 e. The average molecular weight is 246 g/mol. The van der Waals surface area contributed by atoms with Gasteiger partial charge in [0.05, 0.1) is 6.04 Å². The van der Waals surface area contributed by atoms with E-state index in [2.05, 4.69) is 37.4 Å². The van der Waals surface area contributed by atoms with Crippen molar-refractivity contribution in [2.75, 3.05) is 6.79 Å². The number of nitrogens with zero attached hydrogens (tertiary/aromatic N) is 1. The Morgan fingerprint density at radius 1 is 1.22 bits per heavy atom.